The Morgan fingerprint density at radius 2 is 1.90 bits per heavy atom. The average molecular weight is 285 g/mol. The molecule has 102 valence electrons. The van der Waals surface area contributed by atoms with Crippen LogP contribution in [0.4, 0.5) is 0 Å². The third kappa shape index (κ3) is 2.33. The number of fused-ring (bicyclic) bond motifs is 1. The van der Waals surface area contributed by atoms with Crippen LogP contribution >= 0.6 is 11.6 Å². The van der Waals surface area contributed by atoms with E-state index in [2.05, 4.69) is 41.0 Å². The third-order valence-corrected chi connectivity index (χ3v) is 3.99. The second-order valence-corrected chi connectivity index (χ2v) is 5.49. The van der Waals surface area contributed by atoms with Gasteiger partial charge < -0.3 is 10.3 Å². The number of hydrogen-bond donors (Lipinski definition) is 1. The van der Waals surface area contributed by atoms with Crippen LogP contribution in [0.1, 0.15) is 16.8 Å². The monoisotopic (exact) mass is 284 g/mol. The van der Waals surface area contributed by atoms with Gasteiger partial charge in [0.2, 0.25) is 0 Å². The molecule has 2 aromatic carbocycles. The molecule has 0 aliphatic heterocycles. The van der Waals surface area contributed by atoms with Crippen LogP contribution in [0.2, 0.25) is 5.02 Å². The Balaban J connectivity index is 2.09. The van der Waals surface area contributed by atoms with Crippen LogP contribution in [-0.2, 0) is 13.1 Å². The van der Waals surface area contributed by atoms with Crippen LogP contribution in [0.15, 0.2) is 48.5 Å². The number of aromatic nitrogens is 1. The molecule has 0 aliphatic carbocycles. The Kier molecular flexibility index (Phi) is 3.51. The zero-order chi connectivity index (χ0) is 14.1. The molecule has 1 aromatic heterocycles. The fourth-order valence-corrected chi connectivity index (χ4v) is 2.87. The number of nitrogens with two attached hydrogens (primary N) is 1. The molecule has 3 aromatic rings. The highest BCUT2D eigenvalue weighted by molar-refractivity contribution is 6.31. The lowest BCUT2D eigenvalue weighted by Gasteiger charge is -2.11. The fourth-order valence-electron chi connectivity index (χ4n) is 2.57. The van der Waals surface area contributed by atoms with Gasteiger partial charge in [-0.2, -0.15) is 0 Å². The van der Waals surface area contributed by atoms with Crippen molar-refractivity contribution in [3.05, 3.63) is 70.4 Å². The highest BCUT2D eigenvalue weighted by Crippen LogP contribution is 2.24. The second kappa shape index (κ2) is 5.31. The number of rotatable bonds is 3. The summed E-state index contributed by atoms with van der Waals surface area (Å²) in [6, 6.07) is 16.7. The van der Waals surface area contributed by atoms with E-state index >= 15 is 0 Å². The normalized spacial score (nSPS) is 11.2. The van der Waals surface area contributed by atoms with E-state index in [1.54, 1.807) is 0 Å². The average Bonchev–Trinajstić information content (AvgIpc) is 2.80. The van der Waals surface area contributed by atoms with E-state index in [4.69, 9.17) is 17.3 Å². The van der Waals surface area contributed by atoms with Gasteiger partial charge in [0.25, 0.3) is 0 Å². The maximum Gasteiger partial charge on any atom is 0.0494 e. The summed E-state index contributed by atoms with van der Waals surface area (Å²) in [4.78, 5) is 0. The van der Waals surface area contributed by atoms with Gasteiger partial charge in [-0.15, -0.1) is 0 Å². The van der Waals surface area contributed by atoms with Gasteiger partial charge in [-0.1, -0.05) is 41.9 Å². The predicted octanol–water partition coefficient (Wildman–Crippen LogP) is 4.11. The first-order chi connectivity index (χ1) is 9.69. The highest BCUT2D eigenvalue weighted by Gasteiger charge is 2.09. The highest BCUT2D eigenvalue weighted by atomic mass is 35.5. The molecule has 0 aliphatic rings. The van der Waals surface area contributed by atoms with Crippen LogP contribution in [0.3, 0.4) is 0 Å². The molecule has 3 heteroatoms. The van der Waals surface area contributed by atoms with Crippen LogP contribution < -0.4 is 5.73 Å². The lowest BCUT2D eigenvalue weighted by atomic mass is 10.1. The van der Waals surface area contributed by atoms with Crippen LogP contribution in [0, 0.1) is 6.92 Å². The maximum atomic E-state index is 6.35. The first kappa shape index (κ1) is 13.2. The molecule has 0 unspecified atom stereocenters. The van der Waals surface area contributed by atoms with Crippen molar-refractivity contribution in [1.29, 1.82) is 0 Å². The number of para-hydroxylation sites is 1. The van der Waals surface area contributed by atoms with Crippen LogP contribution in [0.5, 0.6) is 0 Å². The van der Waals surface area contributed by atoms with Crippen LogP contribution in [-0.4, -0.2) is 4.57 Å². The molecule has 0 atom stereocenters. The summed E-state index contributed by atoms with van der Waals surface area (Å²) >= 11 is 6.35. The van der Waals surface area contributed by atoms with Crippen molar-refractivity contribution in [3.63, 3.8) is 0 Å². The molecule has 0 spiro atoms. The number of halogens is 1. The molecule has 3 rings (SSSR count). The molecular weight excluding hydrogens is 268 g/mol. The molecule has 2 N–H and O–H groups in total. The van der Waals surface area contributed by atoms with Gasteiger partial charge in [0.15, 0.2) is 0 Å². The van der Waals surface area contributed by atoms with Gasteiger partial charge in [0.1, 0.15) is 0 Å². The van der Waals surface area contributed by atoms with Crippen LogP contribution in [0.25, 0.3) is 10.9 Å². The van der Waals surface area contributed by atoms with E-state index < -0.39 is 0 Å². The molecule has 0 bridgehead atoms. The van der Waals surface area contributed by atoms with Gasteiger partial charge in [-0.25, -0.2) is 0 Å². The third-order valence-electron chi connectivity index (χ3n) is 3.64. The van der Waals surface area contributed by atoms with Crippen molar-refractivity contribution in [1.82, 2.24) is 4.57 Å². The summed E-state index contributed by atoms with van der Waals surface area (Å²) in [5.41, 5.74) is 10.5. The molecule has 2 nitrogen and oxygen atoms in total. The number of benzene rings is 2. The standard InChI is InChI=1S/C17H17ClN2/c1-12-6-7-14(16(18)8-12)11-20-15(10-19)9-13-4-2-3-5-17(13)20/h2-9H,10-11,19H2,1H3. The van der Waals surface area contributed by atoms with E-state index in [9.17, 15) is 0 Å². The molecule has 0 fully saturated rings. The quantitative estimate of drug-likeness (QED) is 0.771. The van der Waals surface area contributed by atoms with Gasteiger partial charge >= 0.3 is 0 Å². The van der Waals surface area contributed by atoms with Gasteiger partial charge in [0, 0.05) is 29.3 Å². The summed E-state index contributed by atoms with van der Waals surface area (Å²) in [6.45, 7) is 3.32. The smallest absolute Gasteiger partial charge is 0.0494 e. The molecule has 0 amide bonds. The zero-order valence-electron chi connectivity index (χ0n) is 11.4. The number of hydrogen-bond acceptors (Lipinski definition) is 1. The van der Waals surface area contributed by atoms with E-state index in [-0.39, 0.29) is 0 Å². The minimum atomic E-state index is 0.526. The molecule has 0 radical (unpaired) electrons. The summed E-state index contributed by atoms with van der Waals surface area (Å²) < 4.78 is 2.24. The van der Waals surface area contributed by atoms with E-state index in [1.807, 2.05) is 19.1 Å². The Hall–Kier alpha value is -1.77. The number of aryl methyl sites for hydroxylation is 1. The SMILES string of the molecule is Cc1ccc(Cn2c(CN)cc3ccccc32)c(Cl)c1. The molecule has 20 heavy (non-hydrogen) atoms. The zero-order valence-corrected chi connectivity index (χ0v) is 12.2. The minimum absolute atomic E-state index is 0.526. The molecular formula is C17H17ClN2. The summed E-state index contributed by atoms with van der Waals surface area (Å²) in [5.74, 6) is 0. The van der Waals surface area contributed by atoms with Crippen molar-refractivity contribution in [2.75, 3.05) is 0 Å². The van der Waals surface area contributed by atoms with Gasteiger partial charge in [0.05, 0.1) is 0 Å². The van der Waals surface area contributed by atoms with Gasteiger partial charge in [-0.05, 0) is 41.6 Å². The van der Waals surface area contributed by atoms with Gasteiger partial charge in [-0.3, -0.25) is 0 Å². The fraction of sp³-hybridized carbons (Fsp3) is 0.176. The minimum Gasteiger partial charge on any atom is -0.339 e. The van der Waals surface area contributed by atoms with Crippen molar-refractivity contribution in [2.45, 2.75) is 20.0 Å². The Bertz CT molecular complexity index is 759. The Morgan fingerprint density at radius 3 is 2.65 bits per heavy atom. The Labute approximate surface area is 123 Å². The first-order valence-corrected chi connectivity index (χ1v) is 7.09. The molecule has 0 saturated heterocycles. The summed E-state index contributed by atoms with van der Waals surface area (Å²) in [7, 11) is 0. The van der Waals surface area contributed by atoms with Crippen molar-refractivity contribution in [2.24, 2.45) is 5.73 Å². The summed E-state index contributed by atoms with van der Waals surface area (Å²) in [6.07, 6.45) is 0. The second-order valence-electron chi connectivity index (χ2n) is 5.08. The number of nitrogens with zero attached hydrogens (tertiary/aromatic N) is 1. The predicted molar refractivity (Wildman–Crippen MR) is 85.1 cm³/mol. The van der Waals surface area contributed by atoms with Crippen molar-refractivity contribution >= 4 is 22.5 Å². The van der Waals surface area contributed by atoms with E-state index in [0.29, 0.717) is 6.54 Å². The lowest BCUT2D eigenvalue weighted by Crippen LogP contribution is -2.08. The van der Waals surface area contributed by atoms with E-state index in [0.717, 1.165) is 22.8 Å². The maximum absolute atomic E-state index is 6.35. The van der Waals surface area contributed by atoms with Crippen molar-refractivity contribution in [3.8, 4) is 0 Å². The topological polar surface area (TPSA) is 30.9 Å². The molecule has 1 heterocycles. The Morgan fingerprint density at radius 1 is 1.10 bits per heavy atom. The molecule has 0 saturated carbocycles. The summed E-state index contributed by atoms with van der Waals surface area (Å²) in [5, 5.41) is 2.03. The lowest BCUT2D eigenvalue weighted by molar-refractivity contribution is 0.768. The largest absolute Gasteiger partial charge is 0.339 e. The van der Waals surface area contributed by atoms with Crippen molar-refractivity contribution < 1.29 is 0 Å². The first-order valence-electron chi connectivity index (χ1n) is 6.71. The van der Waals surface area contributed by atoms with E-state index in [1.165, 1.54) is 16.5 Å².